The summed E-state index contributed by atoms with van der Waals surface area (Å²) in [5, 5.41) is 13.9. The molecule has 1 aromatic heterocycles. The van der Waals surface area contributed by atoms with Gasteiger partial charge in [0.05, 0.1) is 4.92 Å². The molecular formula is C11H15N3O2. The topological polar surface area (TPSA) is 68.1 Å². The molecule has 16 heavy (non-hydrogen) atoms. The largest absolute Gasteiger partial charge is 0.364 e. The molecule has 1 aliphatic rings. The first-order valence-electron chi connectivity index (χ1n) is 5.51. The molecule has 1 N–H and O–H groups in total. The van der Waals surface area contributed by atoms with Gasteiger partial charge in [0, 0.05) is 18.8 Å². The minimum atomic E-state index is -0.386. The Morgan fingerprint density at radius 1 is 1.62 bits per heavy atom. The number of aryl methyl sites for hydroxylation is 1. The van der Waals surface area contributed by atoms with Gasteiger partial charge < -0.3 is 5.32 Å². The van der Waals surface area contributed by atoms with Crippen LogP contribution >= 0.6 is 0 Å². The van der Waals surface area contributed by atoms with Crippen LogP contribution in [0.3, 0.4) is 0 Å². The van der Waals surface area contributed by atoms with Crippen molar-refractivity contribution < 1.29 is 4.92 Å². The van der Waals surface area contributed by atoms with E-state index in [9.17, 15) is 10.1 Å². The molecule has 0 aromatic carbocycles. The molecule has 2 rings (SSSR count). The van der Waals surface area contributed by atoms with Crippen LogP contribution in [-0.2, 0) is 0 Å². The molecule has 5 nitrogen and oxygen atoms in total. The predicted octanol–water partition coefficient (Wildman–Crippen LogP) is 2.51. The summed E-state index contributed by atoms with van der Waals surface area (Å²) in [4.78, 5) is 14.5. The van der Waals surface area contributed by atoms with Gasteiger partial charge in [-0.25, -0.2) is 4.98 Å². The van der Waals surface area contributed by atoms with Crippen molar-refractivity contribution in [2.24, 2.45) is 5.92 Å². The highest BCUT2D eigenvalue weighted by molar-refractivity contribution is 5.56. The predicted molar refractivity (Wildman–Crippen MR) is 61.5 cm³/mol. The van der Waals surface area contributed by atoms with E-state index in [1.165, 1.54) is 19.3 Å². The van der Waals surface area contributed by atoms with Crippen molar-refractivity contribution in [2.45, 2.75) is 26.2 Å². The maximum absolute atomic E-state index is 10.8. The molecule has 1 saturated carbocycles. The molecule has 86 valence electrons. The highest BCUT2D eigenvalue weighted by atomic mass is 16.6. The van der Waals surface area contributed by atoms with Gasteiger partial charge in [-0.15, -0.1) is 0 Å². The summed E-state index contributed by atoms with van der Waals surface area (Å²) >= 11 is 0. The normalized spacial score (nSPS) is 15.6. The third kappa shape index (κ3) is 2.29. The Labute approximate surface area is 94.0 Å². The molecule has 0 saturated heterocycles. The lowest BCUT2D eigenvalue weighted by atomic mass is 9.85. The lowest BCUT2D eigenvalue weighted by molar-refractivity contribution is -0.384. The standard InChI is InChI=1S/C11H15N3O2/c1-8-5-10(14(15)16)11(12-6-8)13-7-9-3-2-4-9/h5-6,9H,2-4,7H2,1H3,(H,12,13). The van der Waals surface area contributed by atoms with Gasteiger partial charge in [0.2, 0.25) is 5.82 Å². The number of anilines is 1. The van der Waals surface area contributed by atoms with Crippen LogP contribution in [0.25, 0.3) is 0 Å². The van der Waals surface area contributed by atoms with Gasteiger partial charge >= 0.3 is 5.69 Å². The Kier molecular flexibility index (Phi) is 3.03. The average molecular weight is 221 g/mol. The maximum Gasteiger partial charge on any atom is 0.311 e. The molecule has 1 fully saturated rings. The quantitative estimate of drug-likeness (QED) is 0.626. The summed E-state index contributed by atoms with van der Waals surface area (Å²) in [6.07, 6.45) is 5.35. The number of hydrogen-bond donors (Lipinski definition) is 1. The van der Waals surface area contributed by atoms with Gasteiger partial charge in [0.1, 0.15) is 0 Å². The van der Waals surface area contributed by atoms with Crippen LogP contribution in [0.15, 0.2) is 12.3 Å². The summed E-state index contributed by atoms with van der Waals surface area (Å²) in [5.74, 6) is 1.05. The van der Waals surface area contributed by atoms with Crippen LogP contribution in [0.4, 0.5) is 11.5 Å². The zero-order valence-electron chi connectivity index (χ0n) is 9.27. The van der Waals surface area contributed by atoms with E-state index in [0.717, 1.165) is 12.1 Å². The highest BCUT2D eigenvalue weighted by Gasteiger charge is 2.20. The summed E-state index contributed by atoms with van der Waals surface area (Å²) in [7, 11) is 0. The molecule has 0 radical (unpaired) electrons. The SMILES string of the molecule is Cc1cnc(NCC2CCC2)c([N+](=O)[O-])c1. The first kappa shape index (κ1) is 10.9. The first-order valence-corrected chi connectivity index (χ1v) is 5.51. The number of rotatable bonds is 4. The molecule has 0 unspecified atom stereocenters. The number of pyridine rings is 1. The minimum Gasteiger partial charge on any atom is -0.364 e. The fourth-order valence-electron chi connectivity index (χ4n) is 1.77. The number of nitrogens with one attached hydrogen (secondary N) is 1. The Balaban J connectivity index is 2.08. The van der Waals surface area contributed by atoms with Gasteiger partial charge in [-0.1, -0.05) is 6.42 Å². The van der Waals surface area contributed by atoms with Gasteiger partial charge in [0.15, 0.2) is 0 Å². The van der Waals surface area contributed by atoms with Crippen molar-refractivity contribution >= 4 is 11.5 Å². The van der Waals surface area contributed by atoms with Crippen LogP contribution in [0, 0.1) is 23.0 Å². The van der Waals surface area contributed by atoms with Gasteiger partial charge in [-0.05, 0) is 31.2 Å². The van der Waals surface area contributed by atoms with Crippen LogP contribution < -0.4 is 5.32 Å². The van der Waals surface area contributed by atoms with E-state index in [0.29, 0.717) is 11.7 Å². The molecular weight excluding hydrogens is 206 g/mol. The Hall–Kier alpha value is -1.65. The smallest absolute Gasteiger partial charge is 0.311 e. The molecule has 1 heterocycles. The molecule has 0 amide bonds. The van der Waals surface area contributed by atoms with Crippen molar-refractivity contribution in [3.05, 3.63) is 27.9 Å². The van der Waals surface area contributed by atoms with Crippen molar-refractivity contribution in [2.75, 3.05) is 11.9 Å². The number of aromatic nitrogens is 1. The van der Waals surface area contributed by atoms with E-state index < -0.39 is 0 Å². The molecule has 0 spiro atoms. The molecule has 0 bridgehead atoms. The fraction of sp³-hybridized carbons (Fsp3) is 0.545. The van der Waals surface area contributed by atoms with Crippen LogP contribution in [0.5, 0.6) is 0 Å². The Bertz CT molecular complexity index is 402. The summed E-state index contributed by atoms with van der Waals surface area (Å²) in [6.45, 7) is 2.59. The minimum absolute atomic E-state index is 0.0688. The van der Waals surface area contributed by atoms with E-state index in [2.05, 4.69) is 10.3 Å². The van der Waals surface area contributed by atoms with Crippen molar-refractivity contribution in [1.29, 1.82) is 0 Å². The van der Waals surface area contributed by atoms with Crippen molar-refractivity contribution in [1.82, 2.24) is 4.98 Å². The third-order valence-electron chi connectivity index (χ3n) is 2.98. The summed E-state index contributed by atoms with van der Waals surface area (Å²) < 4.78 is 0. The zero-order valence-corrected chi connectivity index (χ0v) is 9.27. The maximum atomic E-state index is 10.8. The monoisotopic (exact) mass is 221 g/mol. The second-order valence-corrected chi connectivity index (χ2v) is 4.32. The Morgan fingerprint density at radius 3 is 2.94 bits per heavy atom. The zero-order chi connectivity index (χ0) is 11.5. The second kappa shape index (κ2) is 4.47. The van der Waals surface area contributed by atoms with E-state index in [-0.39, 0.29) is 10.6 Å². The average Bonchev–Trinajstić information content (AvgIpc) is 2.17. The van der Waals surface area contributed by atoms with Crippen LogP contribution in [-0.4, -0.2) is 16.5 Å². The van der Waals surface area contributed by atoms with E-state index in [1.807, 2.05) is 0 Å². The molecule has 1 aromatic rings. The first-order chi connectivity index (χ1) is 7.66. The molecule has 1 aliphatic carbocycles. The highest BCUT2D eigenvalue weighted by Crippen LogP contribution is 2.28. The van der Waals surface area contributed by atoms with Crippen LogP contribution in [0.2, 0.25) is 0 Å². The molecule has 0 atom stereocenters. The second-order valence-electron chi connectivity index (χ2n) is 4.32. The molecule has 0 aliphatic heterocycles. The Morgan fingerprint density at radius 2 is 2.38 bits per heavy atom. The van der Waals surface area contributed by atoms with Crippen molar-refractivity contribution in [3.63, 3.8) is 0 Å². The number of hydrogen-bond acceptors (Lipinski definition) is 4. The third-order valence-corrected chi connectivity index (χ3v) is 2.98. The van der Waals surface area contributed by atoms with Gasteiger partial charge in [-0.3, -0.25) is 10.1 Å². The molecule has 5 heteroatoms. The lowest BCUT2D eigenvalue weighted by Gasteiger charge is -2.25. The van der Waals surface area contributed by atoms with Crippen molar-refractivity contribution in [3.8, 4) is 0 Å². The van der Waals surface area contributed by atoms with Crippen LogP contribution in [0.1, 0.15) is 24.8 Å². The van der Waals surface area contributed by atoms with E-state index in [4.69, 9.17) is 0 Å². The fourth-order valence-corrected chi connectivity index (χ4v) is 1.77. The number of nitrogens with zero attached hydrogens (tertiary/aromatic N) is 2. The summed E-state index contributed by atoms with van der Waals surface area (Å²) in [5.41, 5.74) is 0.875. The summed E-state index contributed by atoms with van der Waals surface area (Å²) in [6, 6.07) is 1.55. The van der Waals surface area contributed by atoms with Gasteiger partial charge in [0.25, 0.3) is 0 Å². The lowest BCUT2D eigenvalue weighted by Crippen LogP contribution is -2.21. The van der Waals surface area contributed by atoms with E-state index >= 15 is 0 Å². The van der Waals surface area contributed by atoms with E-state index in [1.54, 1.807) is 19.2 Å². The van der Waals surface area contributed by atoms with Gasteiger partial charge in [-0.2, -0.15) is 0 Å². The number of nitro groups is 1.